The molecule has 0 radical (unpaired) electrons. The molecule has 0 amide bonds. The number of rotatable bonds is 6. The highest BCUT2D eigenvalue weighted by Crippen LogP contribution is 2.37. The van der Waals surface area contributed by atoms with Crippen molar-refractivity contribution in [2.45, 2.75) is 6.04 Å². The van der Waals surface area contributed by atoms with E-state index in [1.54, 1.807) is 23.9 Å². The Labute approximate surface area is 175 Å². The van der Waals surface area contributed by atoms with Gasteiger partial charge in [0.05, 0.1) is 16.3 Å². The van der Waals surface area contributed by atoms with Crippen LogP contribution in [-0.4, -0.2) is 26.2 Å². The van der Waals surface area contributed by atoms with Crippen molar-refractivity contribution in [3.8, 4) is 10.4 Å². The van der Waals surface area contributed by atoms with Gasteiger partial charge < -0.3 is 5.32 Å². The van der Waals surface area contributed by atoms with E-state index in [1.165, 1.54) is 0 Å². The molecule has 2 heterocycles. The standard InChI is InChI=1S/C21H18ClN3OS2/c1-28(26)12-18(14-5-3-2-4-6-14)25-21-20-17(23-13-24-21)11-19(27-20)15-7-9-16(22)10-8-15/h2-11,13,18H,12H2,1H3,(H,23,24,25)/t18-,28+/m1/s1. The van der Waals surface area contributed by atoms with Gasteiger partial charge in [-0.05, 0) is 29.3 Å². The molecule has 0 aliphatic heterocycles. The quantitative estimate of drug-likeness (QED) is 0.438. The third kappa shape index (κ3) is 4.24. The topological polar surface area (TPSA) is 54.9 Å². The van der Waals surface area contributed by atoms with E-state index >= 15 is 0 Å². The molecule has 2 aromatic carbocycles. The first-order valence-electron chi connectivity index (χ1n) is 8.72. The fraction of sp³-hybridized carbons (Fsp3) is 0.143. The Morgan fingerprint density at radius 2 is 1.86 bits per heavy atom. The van der Waals surface area contributed by atoms with Crippen LogP contribution in [0, 0.1) is 0 Å². The van der Waals surface area contributed by atoms with Crippen molar-refractivity contribution in [3.63, 3.8) is 0 Å². The molecule has 0 aliphatic rings. The Hall–Kier alpha value is -2.28. The van der Waals surface area contributed by atoms with Crippen LogP contribution in [0.2, 0.25) is 5.02 Å². The van der Waals surface area contributed by atoms with Crippen LogP contribution in [0.4, 0.5) is 5.82 Å². The van der Waals surface area contributed by atoms with Crippen molar-refractivity contribution in [1.29, 1.82) is 0 Å². The number of halogens is 1. The first-order chi connectivity index (χ1) is 13.6. The highest BCUT2D eigenvalue weighted by Gasteiger charge is 2.17. The van der Waals surface area contributed by atoms with Crippen LogP contribution in [-0.2, 0) is 10.8 Å². The largest absolute Gasteiger partial charge is 0.361 e. The van der Waals surface area contributed by atoms with Crippen molar-refractivity contribution in [2.75, 3.05) is 17.3 Å². The lowest BCUT2D eigenvalue weighted by Gasteiger charge is -2.19. The van der Waals surface area contributed by atoms with Crippen LogP contribution in [0.1, 0.15) is 11.6 Å². The summed E-state index contributed by atoms with van der Waals surface area (Å²) in [5, 5.41) is 4.20. The molecule has 0 fully saturated rings. The second kappa shape index (κ2) is 8.39. The van der Waals surface area contributed by atoms with Gasteiger partial charge in [-0.3, -0.25) is 4.21 Å². The zero-order chi connectivity index (χ0) is 19.5. The number of hydrogen-bond acceptors (Lipinski definition) is 5. The zero-order valence-electron chi connectivity index (χ0n) is 15.1. The number of benzene rings is 2. The van der Waals surface area contributed by atoms with Crippen molar-refractivity contribution >= 4 is 49.8 Å². The Morgan fingerprint density at radius 3 is 2.57 bits per heavy atom. The van der Waals surface area contributed by atoms with Crippen LogP contribution in [0.25, 0.3) is 20.7 Å². The van der Waals surface area contributed by atoms with E-state index < -0.39 is 10.8 Å². The Bertz CT molecular complexity index is 1110. The monoisotopic (exact) mass is 427 g/mol. The van der Waals surface area contributed by atoms with Crippen LogP contribution < -0.4 is 5.32 Å². The number of nitrogens with one attached hydrogen (secondary N) is 1. The normalized spacial score (nSPS) is 13.4. The van der Waals surface area contributed by atoms with Gasteiger partial charge in [0.1, 0.15) is 12.1 Å². The molecule has 0 aliphatic carbocycles. The van der Waals surface area contributed by atoms with E-state index in [9.17, 15) is 4.21 Å². The van der Waals surface area contributed by atoms with Gasteiger partial charge in [-0.2, -0.15) is 0 Å². The highest BCUT2D eigenvalue weighted by molar-refractivity contribution is 7.84. The third-order valence-electron chi connectivity index (χ3n) is 4.35. The minimum absolute atomic E-state index is 0.0915. The van der Waals surface area contributed by atoms with E-state index in [0.29, 0.717) is 10.8 Å². The molecule has 0 unspecified atom stereocenters. The first-order valence-corrected chi connectivity index (χ1v) is 11.6. The molecule has 4 rings (SSSR count). The molecule has 0 saturated heterocycles. The second-order valence-electron chi connectivity index (χ2n) is 6.40. The van der Waals surface area contributed by atoms with Crippen LogP contribution in [0.5, 0.6) is 0 Å². The molecule has 4 aromatic rings. The van der Waals surface area contributed by atoms with Crippen molar-refractivity contribution in [2.24, 2.45) is 0 Å². The van der Waals surface area contributed by atoms with E-state index in [4.69, 9.17) is 11.6 Å². The lowest BCUT2D eigenvalue weighted by atomic mass is 10.1. The van der Waals surface area contributed by atoms with Gasteiger partial charge in [-0.1, -0.05) is 54.1 Å². The van der Waals surface area contributed by atoms with Gasteiger partial charge in [0.15, 0.2) is 0 Å². The smallest absolute Gasteiger partial charge is 0.147 e. The summed E-state index contributed by atoms with van der Waals surface area (Å²) in [4.78, 5) is 9.99. The molecule has 0 bridgehead atoms. The minimum Gasteiger partial charge on any atom is -0.361 e. The number of thiophene rings is 1. The maximum atomic E-state index is 11.9. The molecule has 0 saturated carbocycles. The summed E-state index contributed by atoms with van der Waals surface area (Å²) in [5.74, 6) is 1.26. The van der Waals surface area contributed by atoms with Gasteiger partial charge >= 0.3 is 0 Å². The third-order valence-corrected chi connectivity index (χ3v) is 6.59. The van der Waals surface area contributed by atoms with Gasteiger partial charge in [0.2, 0.25) is 0 Å². The van der Waals surface area contributed by atoms with E-state index in [-0.39, 0.29) is 6.04 Å². The van der Waals surface area contributed by atoms with E-state index in [0.717, 1.165) is 32.0 Å². The summed E-state index contributed by atoms with van der Waals surface area (Å²) < 4.78 is 12.9. The number of anilines is 1. The number of fused-ring (bicyclic) bond motifs is 1. The predicted octanol–water partition coefficient (Wildman–Crippen LogP) is 5.54. The maximum Gasteiger partial charge on any atom is 0.147 e. The summed E-state index contributed by atoms with van der Waals surface area (Å²) in [6, 6.07) is 19.8. The van der Waals surface area contributed by atoms with Crippen molar-refractivity contribution in [3.05, 3.63) is 77.6 Å². The van der Waals surface area contributed by atoms with Gasteiger partial charge in [0, 0.05) is 32.7 Å². The zero-order valence-corrected chi connectivity index (χ0v) is 17.5. The average molecular weight is 428 g/mol. The molecule has 142 valence electrons. The number of aromatic nitrogens is 2. The molecule has 2 atom stereocenters. The molecule has 0 spiro atoms. The van der Waals surface area contributed by atoms with Crippen molar-refractivity contribution in [1.82, 2.24) is 9.97 Å². The fourth-order valence-corrected chi connectivity index (χ4v) is 4.96. The predicted molar refractivity (Wildman–Crippen MR) is 120 cm³/mol. The molecule has 4 nitrogen and oxygen atoms in total. The average Bonchev–Trinajstić information content (AvgIpc) is 3.14. The van der Waals surface area contributed by atoms with E-state index in [1.807, 2.05) is 54.6 Å². The summed E-state index contributed by atoms with van der Waals surface area (Å²) in [5.41, 5.74) is 3.06. The molecule has 2 aromatic heterocycles. The molecule has 1 N–H and O–H groups in total. The SMILES string of the molecule is C[S@](=O)C[C@@H](Nc1ncnc2cc(-c3ccc(Cl)cc3)sc12)c1ccccc1. The summed E-state index contributed by atoms with van der Waals surface area (Å²) in [6.07, 6.45) is 3.28. The number of nitrogens with zero attached hydrogens (tertiary/aromatic N) is 2. The van der Waals surface area contributed by atoms with Gasteiger partial charge in [-0.25, -0.2) is 9.97 Å². The van der Waals surface area contributed by atoms with Crippen LogP contribution in [0.3, 0.4) is 0 Å². The summed E-state index contributed by atoms with van der Waals surface area (Å²) >= 11 is 7.64. The molecule has 7 heteroatoms. The second-order valence-corrected chi connectivity index (χ2v) is 9.37. The Kier molecular flexibility index (Phi) is 5.71. The molecular weight excluding hydrogens is 410 g/mol. The number of hydrogen-bond donors (Lipinski definition) is 1. The van der Waals surface area contributed by atoms with Crippen molar-refractivity contribution < 1.29 is 4.21 Å². The summed E-state index contributed by atoms with van der Waals surface area (Å²) in [7, 11) is -0.945. The molecular formula is C21H18ClN3OS2. The fourth-order valence-electron chi connectivity index (χ4n) is 3.02. The lowest BCUT2D eigenvalue weighted by Crippen LogP contribution is -2.18. The van der Waals surface area contributed by atoms with Crippen LogP contribution >= 0.6 is 22.9 Å². The van der Waals surface area contributed by atoms with Gasteiger partial charge in [0.25, 0.3) is 0 Å². The Balaban J connectivity index is 1.71. The highest BCUT2D eigenvalue weighted by atomic mass is 35.5. The van der Waals surface area contributed by atoms with E-state index in [2.05, 4.69) is 21.4 Å². The summed E-state index contributed by atoms with van der Waals surface area (Å²) in [6.45, 7) is 0. The maximum absolute atomic E-state index is 11.9. The lowest BCUT2D eigenvalue weighted by molar-refractivity contribution is 0.682. The first kappa shape index (κ1) is 19.1. The van der Waals surface area contributed by atoms with Gasteiger partial charge in [-0.15, -0.1) is 11.3 Å². The Morgan fingerprint density at radius 1 is 1.11 bits per heavy atom. The minimum atomic E-state index is -0.945. The molecule has 28 heavy (non-hydrogen) atoms. The van der Waals surface area contributed by atoms with Crippen LogP contribution in [0.15, 0.2) is 67.0 Å².